The lowest BCUT2D eigenvalue weighted by Gasteiger charge is -1.95. The number of Topliss-reactive ketones (excluding diaryl/α,β-unsaturated/α-hetero) is 1. The Hall–Kier alpha value is -1.98. The van der Waals surface area contributed by atoms with Crippen LogP contribution in [0.2, 0.25) is 0 Å². The van der Waals surface area contributed by atoms with Crippen molar-refractivity contribution in [3.8, 4) is 11.5 Å². The number of ketones is 1. The van der Waals surface area contributed by atoms with Crippen LogP contribution in [0.15, 0.2) is 4.42 Å². The Bertz CT molecular complexity index is 389. The SMILES string of the molecule is COc1c(C(=O)O)oc(C(C)=O)c1O. The Morgan fingerprint density at radius 1 is 1.36 bits per heavy atom. The van der Waals surface area contributed by atoms with Crippen LogP contribution in [0.3, 0.4) is 0 Å². The Balaban J connectivity index is 3.39. The predicted molar refractivity (Wildman–Crippen MR) is 43.9 cm³/mol. The number of carbonyl (C=O) groups is 2. The van der Waals surface area contributed by atoms with Crippen LogP contribution in [0.25, 0.3) is 0 Å². The van der Waals surface area contributed by atoms with Crippen molar-refractivity contribution in [1.29, 1.82) is 0 Å². The third-order valence-electron chi connectivity index (χ3n) is 1.56. The van der Waals surface area contributed by atoms with Crippen LogP contribution in [0, 0.1) is 0 Å². The van der Waals surface area contributed by atoms with Crippen molar-refractivity contribution >= 4 is 11.8 Å². The van der Waals surface area contributed by atoms with Crippen LogP contribution in [-0.4, -0.2) is 29.1 Å². The second kappa shape index (κ2) is 3.41. The largest absolute Gasteiger partial charge is 0.501 e. The van der Waals surface area contributed by atoms with Crippen molar-refractivity contribution in [3.05, 3.63) is 11.5 Å². The van der Waals surface area contributed by atoms with Gasteiger partial charge < -0.3 is 19.4 Å². The Morgan fingerprint density at radius 3 is 2.21 bits per heavy atom. The van der Waals surface area contributed by atoms with Crippen molar-refractivity contribution in [2.75, 3.05) is 7.11 Å². The number of ether oxygens (including phenoxy) is 1. The summed E-state index contributed by atoms with van der Waals surface area (Å²) in [5, 5.41) is 17.9. The zero-order valence-corrected chi connectivity index (χ0v) is 7.53. The van der Waals surface area contributed by atoms with Crippen LogP contribution >= 0.6 is 0 Å². The summed E-state index contributed by atoms with van der Waals surface area (Å²) in [5.41, 5.74) is 0. The van der Waals surface area contributed by atoms with Gasteiger partial charge in [0, 0.05) is 6.92 Å². The van der Waals surface area contributed by atoms with E-state index in [0.717, 1.165) is 6.92 Å². The van der Waals surface area contributed by atoms with E-state index in [9.17, 15) is 14.7 Å². The fraction of sp³-hybridized carbons (Fsp3) is 0.250. The lowest BCUT2D eigenvalue weighted by Crippen LogP contribution is -1.96. The number of carboxylic acids is 1. The predicted octanol–water partition coefficient (Wildman–Crippen LogP) is 0.895. The van der Waals surface area contributed by atoms with Gasteiger partial charge in [-0.15, -0.1) is 0 Å². The molecule has 0 saturated heterocycles. The van der Waals surface area contributed by atoms with E-state index in [0.29, 0.717) is 0 Å². The number of rotatable bonds is 3. The molecule has 1 aromatic rings. The molecule has 2 N–H and O–H groups in total. The van der Waals surface area contributed by atoms with Crippen LogP contribution in [-0.2, 0) is 0 Å². The third kappa shape index (κ3) is 1.41. The summed E-state index contributed by atoms with van der Waals surface area (Å²) < 4.78 is 9.23. The molecule has 0 saturated carbocycles. The van der Waals surface area contributed by atoms with Crippen LogP contribution in [0.1, 0.15) is 28.0 Å². The Kier molecular flexibility index (Phi) is 2.46. The van der Waals surface area contributed by atoms with Gasteiger partial charge in [0.25, 0.3) is 5.76 Å². The lowest BCUT2D eigenvalue weighted by molar-refractivity contribution is 0.0655. The second-order valence-electron chi connectivity index (χ2n) is 2.50. The molecule has 0 aliphatic heterocycles. The third-order valence-corrected chi connectivity index (χ3v) is 1.56. The van der Waals surface area contributed by atoms with Gasteiger partial charge in [0.05, 0.1) is 7.11 Å². The number of aromatic hydroxyl groups is 1. The van der Waals surface area contributed by atoms with E-state index in [4.69, 9.17) is 5.11 Å². The summed E-state index contributed by atoms with van der Waals surface area (Å²) in [6, 6.07) is 0. The van der Waals surface area contributed by atoms with E-state index < -0.39 is 29.0 Å². The van der Waals surface area contributed by atoms with Crippen molar-refractivity contribution in [1.82, 2.24) is 0 Å². The zero-order chi connectivity index (χ0) is 10.9. The second-order valence-corrected chi connectivity index (χ2v) is 2.50. The minimum atomic E-state index is -1.41. The summed E-state index contributed by atoms with van der Waals surface area (Å²) >= 11 is 0. The average molecular weight is 200 g/mol. The fourth-order valence-corrected chi connectivity index (χ4v) is 0.976. The highest BCUT2D eigenvalue weighted by Gasteiger charge is 2.27. The van der Waals surface area contributed by atoms with Gasteiger partial charge in [-0.25, -0.2) is 4.79 Å². The molecule has 0 aliphatic rings. The van der Waals surface area contributed by atoms with Gasteiger partial charge in [-0.05, 0) is 0 Å². The van der Waals surface area contributed by atoms with Gasteiger partial charge in [-0.1, -0.05) is 0 Å². The van der Waals surface area contributed by atoms with E-state index in [2.05, 4.69) is 9.15 Å². The highest BCUT2D eigenvalue weighted by molar-refractivity contribution is 5.98. The molecule has 14 heavy (non-hydrogen) atoms. The van der Waals surface area contributed by atoms with Gasteiger partial charge in [0.15, 0.2) is 5.78 Å². The van der Waals surface area contributed by atoms with E-state index in [1.165, 1.54) is 7.11 Å². The first-order chi connectivity index (χ1) is 6.49. The molecule has 0 radical (unpaired) electrons. The molecule has 0 amide bonds. The molecule has 0 spiro atoms. The molecular formula is C8H8O6. The van der Waals surface area contributed by atoms with Crippen LogP contribution < -0.4 is 4.74 Å². The molecule has 6 heteroatoms. The highest BCUT2D eigenvalue weighted by atomic mass is 16.5. The smallest absolute Gasteiger partial charge is 0.375 e. The summed E-state index contributed by atoms with van der Waals surface area (Å²) in [6.07, 6.45) is 0. The number of aromatic carboxylic acids is 1. The molecule has 6 nitrogen and oxygen atoms in total. The van der Waals surface area contributed by atoms with Crippen molar-refractivity contribution in [2.24, 2.45) is 0 Å². The monoisotopic (exact) mass is 200 g/mol. The molecule has 0 aromatic carbocycles. The normalized spacial score (nSPS) is 9.86. The van der Waals surface area contributed by atoms with Gasteiger partial charge in [-0.3, -0.25) is 4.79 Å². The molecule has 0 aliphatic carbocycles. The van der Waals surface area contributed by atoms with E-state index in [-0.39, 0.29) is 5.75 Å². The number of carbonyl (C=O) groups excluding carboxylic acids is 1. The van der Waals surface area contributed by atoms with E-state index in [1.807, 2.05) is 0 Å². The lowest BCUT2D eigenvalue weighted by atomic mass is 10.3. The number of hydrogen-bond acceptors (Lipinski definition) is 5. The quantitative estimate of drug-likeness (QED) is 0.703. The molecule has 1 rings (SSSR count). The van der Waals surface area contributed by atoms with Crippen LogP contribution in [0.5, 0.6) is 11.5 Å². The first-order valence-electron chi connectivity index (χ1n) is 3.63. The standard InChI is InChI=1S/C8H8O6/c1-3(9)5-4(10)6(13-2)7(14-5)8(11)12/h10H,1-2H3,(H,11,12). The summed E-state index contributed by atoms with van der Waals surface area (Å²) in [6.45, 7) is 1.14. The van der Waals surface area contributed by atoms with Crippen LogP contribution in [0.4, 0.5) is 0 Å². The average Bonchev–Trinajstić information content (AvgIpc) is 2.42. The van der Waals surface area contributed by atoms with Crippen molar-refractivity contribution in [3.63, 3.8) is 0 Å². The molecule has 0 atom stereocenters. The molecular weight excluding hydrogens is 192 g/mol. The number of hydrogen-bond donors (Lipinski definition) is 2. The van der Waals surface area contributed by atoms with Gasteiger partial charge in [0.1, 0.15) is 0 Å². The summed E-state index contributed by atoms with van der Waals surface area (Å²) in [7, 11) is 1.17. The Labute approximate surface area is 78.7 Å². The van der Waals surface area contributed by atoms with E-state index >= 15 is 0 Å². The highest BCUT2D eigenvalue weighted by Crippen LogP contribution is 2.36. The molecule has 0 bridgehead atoms. The zero-order valence-electron chi connectivity index (χ0n) is 7.53. The first-order valence-corrected chi connectivity index (χ1v) is 3.63. The first kappa shape index (κ1) is 10.1. The van der Waals surface area contributed by atoms with Gasteiger partial charge in [-0.2, -0.15) is 0 Å². The molecule has 1 heterocycles. The molecule has 1 aromatic heterocycles. The maximum atomic E-state index is 10.9. The molecule has 0 fully saturated rings. The number of carboxylic acid groups (broad SMARTS) is 1. The molecule has 76 valence electrons. The topological polar surface area (TPSA) is 97.0 Å². The fourth-order valence-electron chi connectivity index (χ4n) is 0.976. The summed E-state index contributed by atoms with van der Waals surface area (Å²) in [5.74, 6) is -3.92. The van der Waals surface area contributed by atoms with E-state index in [1.54, 1.807) is 0 Å². The minimum absolute atomic E-state index is 0.345. The van der Waals surface area contributed by atoms with Crippen molar-refractivity contribution in [2.45, 2.75) is 6.92 Å². The number of furan rings is 1. The van der Waals surface area contributed by atoms with Gasteiger partial charge in [0.2, 0.25) is 17.3 Å². The maximum absolute atomic E-state index is 10.9. The maximum Gasteiger partial charge on any atom is 0.375 e. The Morgan fingerprint density at radius 2 is 1.93 bits per heavy atom. The van der Waals surface area contributed by atoms with Crippen molar-refractivity contribution < 1.29 is 29.0 Å². The minimum Gasteiger partial charge on any atom is -0.501 e. The number of methoxy groups -OCH3 is 1. The van der Waals surface area contributed by atoms with Gasteiger partial charge >= 0.3 is 5.97 Å². The summed E-state index contributed by atoms with van der Waals surface area (Å²) in [4.78, 5) is 21.4. The molecule has 0 unspecified atom stereocenters.